The Labute approximate surface area is 150 Å². The molecule has 5 heteroatoms. The third-order valence-electron chi connectivity index (χ3n) is 4.89. The van der Waals surface area contributed by atoms with Gasteiger partial charge in [0.15, 0.2) is 11.5 Å². The molecular formula is C20H27N3O2. The monoisotopic (exact) mass is 341 g/mol. The molecular weight excluding hydrogens is 314 g/mol. The van der Waals surface area contributed by atoms with Crippen LogP contribution < -0.4 is 9.47 Å². The summed E-state index contributed by atoms with van der Waals surface area (Å²) in [5.41, 5.74) is 1.22. The highest BCUT2D eigenvalue weighted by Gasteiger charge is 2.22. The summed E-state index contributed by atoms with van der Waals surface area (Å²) >= 11 is 0. The van der Waals surface area contributed by atoms with Crippen LogP contribution in [0.15, 0.2) is 36.7 Å². The Morgan fingerprint density at radius 1 is 0.960 bits per heavy atom. The highest BCUT2D eigenvalue weighted by molar-refractivity contribution is 5.42. The lowest BCUT2D eigenvalue weighted by atomic mass is 9.93. The number of hydrogen-bond acceptors (Lipinski definition) is 5. The van der Waals surface area contributed by atoms with Gasteiger partial charge in [0.2, 0.25) is 0 Å². The summed E-state index contributed by atoms with van der Waals surface area (Å²) in [6, 6.07) is 8.61. The first-order valence-corrected chi connectivity index (χ1v) is 9.01. The van der Waals surface area contributed by atoms with Gasteiger partial charge in [0.05, 0.1) is 20.8 Å². The molecule has 0 N–H and O–H groups in total. The Morgan fingerprint density at radius 3 is 2.36 bits per heavy atom. The van der Waals surface area contributed by atoms with Gasteiger partial charge in [-0.05, 0) is 36.6 Å². The summed E-state index contributed by atoms with van der Waals surface area (Å²) in [4.78, 5) is 11.3. The molecule has 0 atom stereocenters. The zero-order valence-corrected chi connectivity index (χ0v) is 15.1. The van der Waals surface area contributed by atoms with Crippen molar-refractivity contribution in [2.75, 3.05) is 14.2 Å². The molecule has 0 aliphatic heterocycles. The molecule has 134 valence electrons. The summed E-state index contributed by atoms with van der Waals surface area (Å²) < 4.78 is 10.8. The first-order chi connectivity index (χ1) is 12.3. The average Bonchev–Trinajstić information content (AvgIpc) is 2.69. The molecule has 2 aromatic rings. The molecule has 1 aromatic heterocycles. The van der Waals surface area contributed by atoms with Crippen molar-refractivity contribution >= 4 is 0 Å². The van der Waals surface area contributed by atoms with Crippen molar-refractivity contribution in [3.63, 3.8) is 0 Å². The molecule has 1 aliphatic carbocycles. The van der Waals surface area contributed by atoms with Gasteiger partial charge in [-0.25, -0.2) is 9.97 Å². The Kier molecular flexibility index (Phi) is 6.23. The predicted octanol–water partition coefficient (Wildman–Crippen LogP) is 3.83. The standard InChI is InChI=1S/C20H27N3O2/c1-24-18-10-9-16(13-19(18)25-2)14-23(17-7-4-3-5-8-17)15-20-21-11-6-12-22-20/h6,9-13,17H,3-5,7-8,14-15H2,1-2H3. The van der Waals surface area contributed by atoms with Crippen LogP contribution >= 0.6 is 0 Å². The molecule has 0 radical (unpaired) electrons. The van der Waals surface area contributed by atoms with E-state index in [-0.39, 0.29) is 0 Å². The molecule has 0 bridgehead atoms. The number of rotatable bonds is 7. The van der Waals surface area contributed by atoms with Gasteiger partial charge in [0.25, 0.3) is 0 Å². The van der Waals surface area contributed by atoms with Crippen LogP contribution in [0.1, 0.15) is 43.5 Å². The maximum Gasteiger partial charge on any atom is 0.161 e. The molecule has 1 saturated carbocycles. The molecule has 1 aliphatic rings. The van der Waals surface area contributed by atoms with Gasteiger partial charge in [-0.1, -0.05) is 25.3 Å². The van der Waals surface area contributed by atoms with Crippen molar-refractivity contribution in [1.82, 2.24) is 14.9 Å². The van der Waals surface area contributed by atoms with Gasteiger partial charge in [-0.3, -0.25) is 4.90 Å². The van der Waals surface area contributed by atoms with Crippen molar-refractivity contribution in [1.29, 1.82) is 0 Å². The smallest absolute Gasteiger partial charge is 0.161 e. The van der Waals surface area contributed by atoms with Crippen molar-refractivity contribution in [2.24, 2.45) is 0 Å². The number of methoxy groups -OCH3 is 2. The lowest BCUT2D eigenvalue weighted by Gasteiger charge is -2.34. The van der Waals surface area contributed by atoms with Crippen LogP contribution in [0.4, 0.5) is 0 Å². The van der Waals surface area contributed by atoms with Crippen LogP contribution in [0.2, 0.25) is 0 Å². The maximum atomic E-state index is 5.45. The molecule has 1 heterocycles. The second-order valence-corrected chi connectivity index (χ2v) is 6.55. The summed E-state index contributed by atoms with van der Waals surface area (Å²) in [7, 11) is 3.34. The van der Waals surface area contributed by atoms with Gasteiger partial charge < -0.3 is 9.47 Å². The Bertz CT molecular complexity index is 657. The molecule has 3 rings (SSSR count). The van der Waals surface area contributed by atoms with Crippen LogP contribution in [0.3, 0.4) is 0 Å². The Balaban J connectivity index is 1.79. The molecule has 0 unspecified atom stereocenters. The lowest BCUT2D eigenvalue weighted by Crippen LogP contribution is -2.36. The number of ether oxygens (including phenoxy) is 2. The number of nitrogens with zero attached hydrogens (tertiary/aromatic N) is 3. The summed E-state index contributed by atoms with van der Waals surface area (Å²) in [6.45, 7) is 1.64. The van der Waals surface area contributed by atoms with Crippen molar-refractivity contribution in [3.05, 3.63) is 48.0 Å². The fourth-order valence-electron chi connectivity index (χ4n) is 3.57. The van der Waals surface area contributed by atoms with Gasteiger partial charge in [0, 0.05) is 25.0 Å². The first-order valence-electron chi connectivity index (χ1n) is 9.01. The van der Waals surface area contributed by atoms with E-state index in [1.165, 1.54) is 37.7 Å². The SMILES string of the molecule is COc1ccc(CN(Cc2ncccn2)C2CCCCC2)cc1OC. The molecule has 25 heavy (non-hydrogen) atoms. The van der Waals surface area contributed by atoms with Crippen LogP contribution in [-0.4, -0.2) is 35.1 Å². The van der Waals surface area contributed by atoms with Gasteiger partial charge >= 0.3 is 0 Å². The van der Waals surface area contributed by atoms with E-state index in [0.717, 1.165) is 30.4 Å². The summed E-state index contributed by atoms with van der Waals surface area (Å²) in [5, 5.41) is 0. The molecule has 1 aromatic carbocycles. The zero-order valence-electron chi connectivity index (χ0n) is 15.1. The predicted molar refractivity (Wildman–Crippen MR) is 97.7 cm³/mol. The number of benzene rings is 1. The van der Waals surface area contributed by atoms with E-state index in [4.69, 9.17) is 9.47 Å². The summed E-state index contributed by atoms with van der Waals surface area (Å²) in [6.07, 6.45) is 10.1. The fourth-order valence-corrected chi connectivity index (χ4v) is 3.57. The van der Waals surface area contributed by atoms with Crippen molar-refractivity contribution in [2.45, 2.75) is 51.2 Å². The Hall–Kier alpha value is -2.14. The van der Waals surface area contributed by atoms with Gasteiger partial charge in [0.1, 0.15) is 5.82 Å². The molecule has 1 fully saturated rings. The second kappa shape index (κ2) is 8.81. The second-order valence-electron chi connectivity index (χ2n) is 6.55. The largest absolute Gasteiger partial charge is 0.493 e. The van der Waals surface area contributed by atoms with E-state index in [9.17, 15) is 0 Å². The minimum absolute atomic E-state index is 0.589. The van der Waals surface area contributed by atoms with Crippen molar-refractivity contribution < 1.29 is 9.47 Å². The van der Waals surface area contributed by atoms with Gasteiger partial charge in [-0.15, -0.1) is 0 Å². The number of hydrogen-bond donors (Lipinski definition) is 0. The van der Waals surface area contributed by atoms with E-state index < -0.39 is 0 Å². The average molecular weight is 341 g/mol. The summed E-state index contributed by atoms with van der Waals surface area (Å²) in [5.74, 6) is 2.43. The van der Waals surface area contributed by atoms with E-state index in [1.807, 2.05) is 24.5 Å². The van der Waals surface area contributed by atoms with Crippen LogP contribution in [-0.2, 0) is 13.1 Å². The highest BCUT2D eigenvalue weighted by atomic mass is 16.5. The normalized spacial score (nSPS) is 15.3. The lowest BCUT2D eigenvalue weighted by molar-refractivity contribution is 0.136. The minimum atomic E-state index is 0.589. The molecule has 0 amide bonds. The highest BCUT2D eigenvalue weighted by Crippen LogP contribution is 2.30. The van der Waals surface area contributed by atoms with Crippen molar-refractivity contribution in [3.8, 4) is 11.5 Å². The third-order valence-corrected chi connectivity index (χ3v) is 4.89. The van der Waals surface area contributed by atoms with Gasteiger partial charge in [-0.2, -0.15) is 0 Å². The van der Waals surface area contributed by atoms with Crippen LogP contribution in [0.5, 0.6) is 11.5 Å². The third kappa shape index (κ3) is 4.69. The maximum absolute atomic E-state index is 5.45. The van der Waals surface area contributed by atoms with E-state index in [0.29, 0.717) is 6.04 Å². The zero-order chi connectivity index (χ0) is 17.5. The first kappa shape index (κ1) is 17.7. The van der Waals surface area contributed by atoms with E-state index >= 15 is 0 Å². The number of aromatic nitrogens is 2. The quantitative estimate of drug-likeness (QED) is 0.766. The topological polar surface area (TPSA) is 47.5 Å². The molecule has 5 nitrogen and oxygen atoms in total. The molecule has 0 saturated heterocycles. The van der Waals surface area contributed by atoms with E-state index in [1.54, 1.807) is 14.2 Å². The van der Waals surface area contributed by atoms with Crippen LogP contribution in [0.25, 0.3) is 0 Å². The molecule has 0 spiro atoms. The van der Waals surface area contributed by atoms with E-state index in [2.05, 4.69) is 27.0 Å². The Morgan fingerprint density at radius 2 is 1.68 bits per heavy atom. The van der Waals surface area contributed by atoms with Crippen LogP contribution in [0, 0.1) is 0 Å². The minimum Gasteiger partial charge on any atom is -0.493 e. The fraction of sp³-hybridized carbons (Fsp3) is 0.500.